The third kappa shape index (κ3) is 6.04. The molecule has 0 radical (unpaired) electrons. The van der Waals surface area contributed by atoms with Crippen molar-refractivity contribution in [1.82, 2.24) is 4.90 Å². The molecule has 3 N–H and O–H groups in total. The number of amides is 1. The van der Waals surface area contributed by atoms with Crippen LogP contribution in [0.5, 0.6) is 0 Å². The summed E-state index contributed by atoms with van der Waals surface area (Å²) in [5, 5.41) is 6.43. The van der Waals surface area contributed by atoms with Crippen LogP contribution in [-0.4, -0.2) is 32.3 Å². The normalized spacial score (nSPS) is 16.5. The molecule has 0 unspecified atom stereocenters. The molecule has 0 atom stereocenters. The van der Waals surface area contributed by atoms with Crippen LogP contribution in [0.2, 0.25) is 0 Å². The molecule has 4 aromatic carbocycles. The monoisotopic (exact) mass is 564 g/mol. The first-order valence-corrected chi connectivity index (χ1v) is 15.4. The molecule has 0 aromatic heterocycles. The van der Waals surface area contributed by atoms with Crippen molar-refractivity contribution in [3.8, 4) is 0 Å². The molecule has 2 aliphatic heterocycles. The third-order valence-corrected chi connectivity index (χ3v) is 8.86. The molecule has 2 aliphatic rings. The molecular formula is C33H32N4O3S. The first-order chi connectivity index (χ1) is 20.0. The van der Waals surface area contributed by atoms with Crippen molar-refractivity contribution in [2.45, 2.75) is 30.7 Å². The lowest BCUT2D eigenvalue weighted by Gasteiger charge is -2.26. The van der Waals surface area contributed by atoms with Gasteiger partial charge in [-0.25, -0.2) is 8.42 Å². The lowest BCUT2D eigenvalue weighted by molar-refractivity contribution is -0.110. The fraction of sp³-hybridized carbons (Fsp3) is 0.182. The predicted molar refractivity (Wildman–Crippen MR) is 165 cm³/mol. The molecule has 1 fully saturated rings. The molecule has 6 rings (SSSR count). The van der Waals surface area contributed by atoms with Gasteiger partial charge in [-0.3, -0.25) is 14.4 Å². The quantitative estimate of drug-likeness (QED) is 0.215. The maximum absolute atomic E-state index is 13.4. The van der Waals surface area contributed by atoms with Crippen LogP contribution in [0.3, 0.4) is 0 Å². The van der Waals surface area contributed by atoms with Gasteiger partial charge < -0.3 is 10.6 Å². The molecule has 41 heavy (non-hydrogen) atoms. The minimum atomic E-state index is -3.76. The van der Waals surface area contributed by atoms with Crippen LogP contribution in [0.4, 0.5) is 17.1 Å². The lowest BCUT2D eigenvalue weighted by atomic mass is 9.99. The molecule has 4 aromatic rings. The molecular weight excluding hydrogens is 532 g/mol. The van der Waals surface area contributed by atoms with E-state index in [4.69, 9.17) is 0 Å². The van der Waals surface area contributed by atoms with E-state index in [1.54, 1.807) is 36.4 Å². The van der Waals surface area contributed by atoms with Gasteiger partial charge in [0.2, 0.25) is 0 Å². The standard InChI is InChI=1S/C33H32N4O3S/c38-33-31(29-19-18-27(22-30(29)35-33)36-41(39,40)28-12-6-2-7-13-28)32(25-10-4-1-5-11-25)34-26-16-14-24(15-17-26)23-37-20-8-3-9-21-37/h1-2,4-7,10-19,22,34,36H,3,8-9,20-21,23H2,(H,35,38). The molecule has 0 bridgehead atoms. The number of sulfonamides is 1. The van der Waals surface area contributed by atoms with Gasteiger partial charge in [0, 0.05) is 17.8 Å². The molecule has 1 amide bonds. The molecule has 0 aliphatic carbocycles. The van der Waals surface area contributed by atoms with E-state index in [1.165, 1.54) is 37.0 Å². The van der Waals surface area contributed by atoms with E-state index in [0.717, 1.165) is 30.9 Å². The zero-order valence-corrected chi connectivity index (χ0v) is 23.5. The Hall–Kier alpha value is -4.40. The fourth-order valence-electron chi connectivity index (χ4n) is 5.40. The Morgan fingerprint density at radius 2 is 1.44 bits per heavy atom. The number of anilines is 3. The lowest BCUT2D eigenvalue weighted by Crippen LogP contribution is -2.29. The van der Waals surface area contributed by atoms with E-state index in [1.807, 2.05) is 30.3 Å². The topological polar surface area (TPSA) is 90.5 Å². The largest absolute Gasteiger partial charge is 0.354 e. The average molecular weight is 565 g/mol. The zero-order valence-electron chi connectivity index (χ0n) is 22.6. The number of hydrogen-bond donors (Lipinski definition) is 3. The summed E-state index contributed by atoms with van der Waals surface area (Å²) in [5.41, 5.74) is 5.82. The summed E-state index contributed by atoms with van der Waals surface area (Å²) in [6, 6.07) is 31.4. The van der Waals surface area contributed by atoms with Gasteiger partial charge in [0.25, 0.3) is 15.9 Å². The molecule has 7 nitrogen and oxygen atoms in total. The highest BCUT2D eigenvalue weighted by Crippen LogP contribution is 2.39. The van der Waals surface area contributed by atoms with Gasteiger partial charge in [0.15, 0.2) is 0 Å². The molecule has 2 heterocycles. The number of benzene rings is 4. The number of carbonyl (C=O) groups excluding carboxylic acids is 1. The zero-order chi connectivity index (χ0) is 28.2. The summed E-state index contributed by atoms with van der Waals surface area (Å²) in [6.07, 6.45) is 3.84. The fourth-order valence-corrected chi connectivity index (χ4v) is 6.47. The number of rotatable bonds is 8. The number of nitrogens with zero attached hydrogens (tertiary/aromatic N) is 1. The van der Waals surface area contributed by atoms with Crippen LogP contribution >= 0.6 is 0 Å². The smallest absolute Gasteiger partial charge is 0.261 e. The SMILES string of the molecule is O=C1Nc2cc(NS(=O)(=O)c3ccccc3)ccc2C1=C(Nc1ccc(CN2CCCCC2)cc1)c1ccccc1. The second-order valence-electron chi connectivity index (χ2n) is 10.4. The van der Waals surface area contributed by atoms with Crippen LogP contribution in [-0.2, 0) is 21.4 Å². The highest BCUT2D eigenvalue weighted by molar-refractivity contribution is 7.92. The van der Waals surface area contributed by atoms with E-state index in [0.29, 0.717) is 28.2 Å². The van der Waals surface area contributed by atoms with Crippen LogP contribution < -0.4 is 15.4 Å². The Morgan fingerprint density at radius 1 is 0.780 bits per heavy atom. The van der Waals surface area contributed by atoms with Crippen molar-refractivity contribution in [2.24, 2.45) is 0 Å². The number of nitrogens with one attached hydrogen (secondary N) is 3. The highest BCUT2D eigenvalue weighted by atomic mass is 32.2. The molecule has 8 heteroatoms. The Balaban J connectivity index is 1.30. The first kappa shape index (κ1) is 26.8. The van der Waals surface area contributed by atoms with Crippen molar-refractivity contribution < 1.29 is 13.2 Å². The van der Waals surface area contributed by atoms with Gasteiger partial charge >= 0.3 is 0 Å². The number of carbonyl (C=O) groups is 1. The number of fused-ring (bicyclic) bond motifs is 1. The summed E-state index contributed by atoms with van der Waals surface area (Å²) in [6.45, 7) is 3.24. The Labute approximate surface area is 241 Å². The van der Waals surface area contributed by atoms with Crippen LogP contribution in [0.25, 0.3) is 11.3 Å². The Morgan fingerprint density at radius 3 is 2.15 bits per heavy atom. The van der Waals surface area contributed by atoms with Crippen molar-refractivity contribution in [1.29, 1.82) is 0 Å². The molecule has 208 valence electrons. The molecule has 0 saturated carbocycles. The van der Waals surface area contributed by atoms with E-state index in [-0.39, 0.29) is 10.8 Å². The maximum atomic E-state index is 13.4. The number of hydrogen-bond acceptors (Lipinski definition) is 5. The summed E-state index contributed by atoms with van der Waals surface area (Å²) >= 11 is 0. The Kier molecular flexibility index (Phi) is 7.59. The number of piperidine rings is 1. The van der Waals surface area contributed by atoms with Crippen LogP contribution in [0, 0.1) is 0 Å². The van der Waals surface area contributed by atoms with Crippen molar-refractivity contribution >= 4 is 44.3 Å². The van der Waals surface area contributed by atoms with Gasteiger partial charge in [0.1, 0.15) is 0 Å². The van der Waals surface area contributed by atoms with Crippen molar-refractivity contribution in [2.75, 3.05) is 28.4 Å². The summed E-state index contributed by atoms with van der Waals surface area (Å²) < 4.78 is 28.3. The van der Waals surface area contributed by atoms with Crippen LogP contribution in [0.1, 0.15) is 36.0 Å². The summed E-state index contributed by atoms with van der Waals surface area (Å²) in [7, 11) is -3.76. The van der Waals surface area contributed by atoms with Crippen LogP contribution in [0.15, 0.2) is 108 Å². The third-order valence-electron chi connectivity index (χ3n) is 7.46. The summed E-state index contributed by atoms with van der Waals surface area (Å²) in [5.74, 6) is -0.254. The van der Waals surface area contributed by atoms with E-state index < -0.39 is 10.0 Å². The van der Waals surface area contributed by atoms with Gasteiger partial charge in [-0.05, 0) is 79.5 Å². The minimum absolute atomic E-state index is 0.169. The van der Waals surface area contributed by atoms with Gasteiger partial charge in [0.05, 0.1) is 27.5 Å². The van der Waals surface area contributed by atoms with E-state index >= 15 is 0 Å². The number of likely N-dealkylation sites (tertiary alicyclic amines) is 1. The second-order valence-corrected chi connectivity index (χ2v) is 12.1. The van der Waals surface area contributed by atoms with E-state index in [9.17, 15) is 13.2 Å². The van der Waals surface area contributed by atoms with Crippen molar-refractivity contribution in [3.05, 3.63) is 120 Å². The molecule has 0 spiro atoms. The first-order valence-electron chi connectivity index (χ1n) is 13.9. The van der Waals surface area contributed by atoms with E-state index in [2.05, 4.69) is 44.5 Å². The van der Waals surface area contributed by atoms with Gasteiger partial charge in [-0.2, -0.15) is 0 Å². The van der Waals surface area contributed by atoms with Gasteiger partial charge in [-0.1, -0.05) is 67.1 Å². The summed E-state index contributed by atoms with van der Waals surface area (Å²) in [4.78, 5) is 16.0. The predicted octanol–water partition coefficient (Wildman–Crippen LogP) is 6.41. The molecule has 1 saturated heterocycles. The average Bonchev–Trinajstić information content (AvgIpc) is 3.32. The van der Waals surface area contributed by atoms with Crippen molar-refractivity contribution in [3.63, 3.8) is 0 Å². The highest BCUT2D eigenvalue weighted by Gasteiger charge is 2.29. The second kappa shape index (κ2) is 11.6. The van der Waals surface area contributed by atoms with Gasteiger partial charge in [-0.15, -0.1) is 0 Å². The Bertz CT molecular complexity index is 1680. The minimum Gasteiger partial charge on any atom is -0.354 e. The maximum Gasteiger partial charge on any atom is 0.261 e.